The number of nitrogens with zero attached hydrogens (tertiary/aromatic N) is 1. The normalized spacial score (nSPS) is 12.8. The van der Waals surface area contributed by atoms with Crippen LogP contribution in [0.5, 0.6) is 5.75 Å². The van der Waals surface area contributed by atoms with Crippen LogP contribution in [0.4, 0.5) is 0 Å². The van der Waals surface area contributed by atoms with Crippen molar-refractivity contribution < 1.29 is 5.11 Å². The van der Waals surface area contributed by atoms with Gasteiger partial charge in [-0.25, -0.2) is 0 Å². The zero-order chi connectivity index (χ0) is 19.3. The molecule has 0 aliphatic heterocycles. The van der Waals surface area contributed by atoms with Crippen molar-refractivity contribution in [2.45, 2.75) is 98.4 Å². The minimum atomic E-state index is -0.0691. The quantitative estimate of drug-likeness (QED) is 0.589. The molecular formula is C23H41NO. The molecular weight excluding hydrogens is 306 g/mol. The van der Waals surface area contributed by atoms with Gasteiger partial charge >= 0.3 is 0 Å². The van der Waals surface area contributed by atoms with Gasteiger partial charge in [0, 0.05) is 12.1 Å². The van der Waals surface area contributed by atoms with Gasteiger partial charge in [0.25, 0.3) is 0 Å². The third-order valence-electron chi connectivity index (χ3n) is 4.82. The SMILES string of the molecule is CCCCN(CCCC)Cc1ccc(O)c(C(C)(C)C)c1C(C)(C)C. The van der Waals surface area contributed by atoms with Crippen LogP contribution >= 0.6 is 0 Å². The molecule has 2 nitrogen and oxygen atoms in total. The van der Waals surface area contributed by atoms with Gasteiger partial charge in [-0.2, -0.15) is 0 Å². The summed E-state index contributed by atoms with van der Waals surface area (Å²) in [6.45, 7) is 21.2. The van der Waals surface area contributed by atoms with E-state index >= 15 is 0 Å². The number of phenolic OH excluding ortho intramolecular Hbond substituents is 1. The molecule has 0 aromatic heterocycles. The van der Waals surface area contributed by atoms with E-state index in [0.717, 1.165) is 25.2 Å². The van der Waals surface area contributed by atoms with E-state index in [-0.39, 0.29) is 10.8 Å². The maximum atomic E-state index is 10.6. The summed E-state index contributed by atoms with van der Waals surface area (Å²) in [5, 5.41) is 10.6. The Kier molecular flexibility index (Phi) is 7.99. The van der Waals surface area contributed by atoms with Gasteiger partial charge in [-0.3, -0.25) is 4.90 Å². The standard InChI is InChI=1S/C23H41NO/c1-9-11-15-24(16-12-10-2)17-18-13-14-19(25)21(23(6,7)8)20(18)22(3,4)5/h13-14,25H,9-12,15-17H2,1-8H3. The minimum Gasteiger partial charge on any atom is -0.508 e. The molecule has 1 rings (SSSR count). The first-order chi connectivity index (χ1) is 11.5. The predicted molar refractivity (Wildman–Crippen MR) is 111 cm³/mol. The van der Waals surface area contributed by atoms with Crippen LogP contribution in [0.2, 0.25) is 0 Å². The molecule has 1 N–H and O–H groups in total. The van der Waals surface area contributed by atoms with E-state index in [1.165, 1.54) is 36.8 Å². The number of aromatic hydroxyl groups is 1. The van der Waals surface area contributed by atoms with Crippen molar-refractivity contribution >= 4 is 0 Å². The first kappa shape index (κ1) is 22.0. The average Bonchev–Trinajstić information content (AvgIpc) is 2.48. The summed E-state index contributed by atoms with van der Waals surface area (Å²) in [5.74, 6) is 0.440. The topological polar surface area (TPSA) is 23.5 Å². The van der Waals surface area contributed by atoms with Crippen molar-refractivity contribution in [3.63, 3.8) is 0 Å². The molecule has 144 valence electrons. The van der Waals surface area contributed by atoms with Crippen molar-refractivity contribution in [2.75, 3.05) is 13.1 Å². The van der Waals surface area contributed by atoms with Crippen LogP contribution in [-0.4, -0.2) is 23.1 Å². The highest BCUT2D eigenvalue weighted by Gasteiger charge is 2.30. The van der Waals surface area contributed by atoms with Crippen LogP contribution in [0.1, 0.15) is 97.8 Å². The van der Waals surface area contributed by atoms with E-state index in [1.54, 1.807) is 0 Å². The lowest BCUT2D eigenvalue weighted by Crippen LogP contribution is -2.29. The number of hydrogen-bond acceptors (Lipinski definition) is 2. The van der Waals surface area contributed by atoms with Crippen molar-refractivity contribution in [3.8, 4) is 5.75 Å². The van der Waals surface area contributed by atoms with Crippen LogP contribution in [0.25, 0.3) is 0 Å². The van der Waals surface area contributed by atoms with Gasteiger partial charge in [-0.15, -0.1) is 0 Å². The first-order valence-corrected chi connectivity index (χ1v) is 10.1. The first-order valence-electron chi connectivity index (χ1n) is 10.1. The smallest absolute Gasteiger partial charge is 0.119 e. The summed E-state index contributed by atoms with van der Waals surface area (Å²) < 4.78 is 0. The molecule has 0 heterocycles. The Balaban J connectivity index is 3.33. The monoisotopic (exact) mass is 347 g/mol. The third-order valence-corrected chi connectivity index (χ3v) is 4.82. The molecule has 25 heavy (non-hydrogen) atoms. The van der Waals surface area contributed by atoms with Crippen molar-refractivity contribution in [1.29, 1.82) is 0 Å². The zero-order valence-corrected chi connectivity index (χ0v) is 18.0. The summed E-state index contributed by atoms with van der Waals surface area (Å²) in [4.78, 5) is 2.60. The molecule has 1 aromatic carbocycles. The van der Waals surface area contributed by atoms with Crippen LogP contribution in [-0.2, 0) is 17.4 Å². The second kappa shape index (κ2) is 9.07. The molecule has 0 amide bonds. The Labute approximate surface area is 156 Å². The van der Waals surface area contributed by atoms with Crippen molar-refractivity contribution in [1.82, 2.24) is 4.90 Å². The molecule has 0 atom stereocenters. The average molecular weight is 348 g/mol. The highest BCUT2D eigenvalue weighted by atomic mass is 16.3. The van der Waals surface area contributed by atoms with Crippen molar-refractivity contribution in [2.24, 2.45) is 0 Å². The summed E-state index contributed by atoms with van der Waals surface area (Å²) >= 11 is 0. The molecule has 0 unspecified atom stereocenters. The van der Waals surface area contributed by atoms with Crippen LogP contribution < -0.4 is 0 Å². The van der Waals surface area contributed by atoms with Gasteiger partial charge in [-0.1, -0.05) is 74.3 Å². The number of unbranched alkanes of at least 4 members (excludes halogenated alkanes) is 2. The predicted octanol–water partition coefficient (Wildman–Crippen LogP) is 6.39. The summed E-state index contributed by atoms with van der Waals surface area (Å²) in [6, 6.07) is 4.05. The van der Waals surface area contributed by atoms with Gasteiger partial charge < -0.3 is 5.11 Å². The lowest BCUT2D eigenvalue weighted by molar-refractivity contribution is 0.255. The van der Waals surface area contributed by atoms with E-state index in [2.05, 4.69) is 66.4 Å². The molecule has 0 radical (unpaired) electrons. The molecule has 0 saturated carbocycles. The number of hydrogen-bond donors (Lipinski definition) is 1. The summed E-state index contributed by atoms with van der Waals surface area (Å²) in [6.07, 6.45) is 4.96. The maximum absolute atomic E-state index is 10.6. The summed E-state index contributed by atoms with van der Waals surface area (Å²) in [5.41, 5.74) is 3.77. The molecule has 0 spiro atoms. The van der Waals surface area contributed by atoms with E-state index < -0.39 is 0 Å². The van der Waals surface area contributed by atoms with Crippen LogP contribution in [0, 0.1) is 0 Å². The van der Waals surface area contributed by atoms with Gasteiger partial charge in [0.1, 0.15) is 5.75 Å². The Hall–Kier alpha value is -1.02. The molecule has 0 saturated heterocycles. The fraction of sp³-hybridized carbons (Fsp3) is 0.739. The van der Waals surface area contributed by atoms with Crippen LogP contribution in [0.15, 0.2) is 12.1 Å². The Bertz CT molecular complexity index is 526. The molecule has 1 aromatic rings. The highest BCUT2D eigenvalue weighted by molar-refractivity contribution is 5.51. The van der Waals surface area contributed by atoms with E-state index in [0.29, 0.717) is 5.75 Å². The van der Waals surface area contributed by atoms with E-state index in [4.69, 9.17) is 0 Å². The van der Waals surface area contributed by atoms with Crippen molar-refractivity contribution in [3.05, 3.63) is 28.8 Å². The largest absolute Gasteiger partial charge is 0.508 e. The lowest BCUT2D eigenvalue weighted by atomic mass is 9.72. The maximum Gasteiger partial charge on any atom is 0.119 e. The number of phenols is 1. The molecule has 0 aliphatic rings. The summed E-state index contributed by atoms with van der Waals surface area (Å²) in [7, 11) is 0. The fourth-order valence-corrected chi connectivity index (χ4v) is 3.66. The zero-order valence-electron chi connectivity index (χ0n) is 18.0. The Morgan fingerprint density at radius 1 is 0.800 bits per heavy atom. The Morgan fingerprint density at radius 3 is 1.68 bits per heavy atom. The molecule has 0 fully saturated rings. The Morgan fingerprint density at radius 2 is 1.28 bits per heavy atom. The molecule has 0 bridgehead atoms. The second-order valence-corrected chi connectivity index (χ2v) is 9.48. The third kappa shape index (κ3) is 6.33. The van der Waals surface area contributed by atoms with Gasteiger partial charge in [0.05, 0.1) is 0 Å². The molecule has 0 aliphatic carbocycles. The van der Waals surface area contributed by atoms with Gasteiger partial charge in [-0.05, 0) is 54.0 Å². The second-order valence-electron chi connectivity index (χ2n) is 9.48. The number of benzene rings is 1. The van der Waals surface area contributed by atoms with Gasteiger partial charge in [0.15, 0.2) is 0 Å². The highest BCUT2D eigenvalue weighted by Crippen LogP contribution is 2.41. The fourth-order valence-electron chi connectivity index (χ4n) is 3.66. The number of rotatable bonds is 8. The van der Waals surface area contributed by atoms with E-state index in [1.807, 2.05) is 6.07 Å². The lowest BCUT2D eigenvalue weighted by Gasteiger charge is -2.34. The van der Waals surface area contributed by atoms with E-state index in [9.17, 15) is 5.11 Å². The van der Waals surface area contributed by atoms with Crippen LogP contribution in [0.3, 0.4) is 0 Å². The molecule has 2 heteroatoms. The minimum absolute atomic E-state index is 0.0118. The van der Waals surface area contributed by atoms with Gasteiger partial charge in [0.2, 0.25) is 0 Å².